The normalized spacial score (nSPS) is 17.5. The first kappa shape index (κ1) is 19.3. The Morgan fingerprint density at radius 2 is 1.56 bits per heavy atom. The number of rotatable bonds is 1. The quantitative estimate of drug-likeness (QED) is 0.285. The fourth-order valence-electron chi connectivity index (χ4n) is 4.57. The Hall–Kier alpha value is -3.40. The number of hydrogen-bond donors (Lipinski definition) is 0. The topological polar surface area (TPSA) is 59.5 Å². The van der Waals surface area contributed by atoms with Crippen LogP contribution in [0.1, 0.15) is 33.3 Å². The molecule has 5 aromatic rings. The highest BCUT2D eigenvalue weighted by atomic mass is 16.7. The fraction of sp³-hybridized carbons (Fsp3) is 0.231. The molecule has 32 heavy (non-hydrogen) atoms. The summed E-state index contributed by atoms with van der Waals surface area (Å²) < 4.78 is 14.7. The van der Waals surface area contributed by atoms with Gasteiger partial charge in [-0.1, -0.05) is 36.4 Å². The Bertz CT molecular complexity index is 1590. The Labute approximate surface area is 186 Å². The first-order valence-electron chi connectivity index (χ1n) is 10.8. The molecule has 6 heteroatoms. The van der Waals surface area contributed by atoms with Crippen molar-refractivity contribution in [1.29, 1.82) is 5.26 Å². The minimum atomic E-state index is -0.437. The second-order valence-electron chi connectivity index (χ2n) is 9.50. The Balaban J connectivity index is 1.69. The summed E-state index contributed by atoms with van der Waals surface area (Å²) in [5, 5.41) is 12.7. The number of pyridine rings is 1. The van der Waals surface area contributed by atoms with Gasteiger partial charge in [-0.3, -0.25) is 4.40 Å². The van der Waals surface area contributed by atoms with Crippen molar-refractivity contribution < 1.29 is 9.31 Å². The summed E-state index contributed by atoms with van der Waals surface area (Å²) in [6, 6.07) is 22.5. The van der Waals surface area contributed by atoms with Crippen molar-refractivity contribution in [3.63, 3.8) is 0 Å². The summed E-state index contributed by atoms with van der Waals surface area (Å²) in [4.78, 5) is 4.94. The van der Waals surface area contributed by atoms with E-state index in [9.17, 15) is 5.26 Å². The molecule has 0 atom stereocenters. The highest BCUT2D eigenvalue weighted by Crippen LogP contribution is 2.37. The van der Waals surface area contributed by atoms with E-state index < -0.39 is 18.3 Å². The molecule has 0 N–H and O–H groups in total. The molecule has 0 bridgehead atoms. The van der Waals surface area contributed by atoms with Crippen LogP contribution >= 0.6 is 0 Å². The maximum atomic E-state index is 9.52. The van der Waals surface area contributed by atoms with Gasteiger partial charge in [0.1, 0.15) is 5.65 Å². The van der Waals surface area contributed by atoms with Crippen molar-refractivity contribution in [3.05, 3.63) is 66.2 Å². The highest BCUT2D eigenvalue weighted by molar-refractivity contribution is 6.62. The predicted molar refractivity (Wildman–Crippen MR) is 128 cm³/mol. The largest absolute Gasteiger partial charge is 0.494 e. The minimum absolute atomic E-state index is 0.402. The van der Waals surface area contributed by atoms with Gasteiger partial charge in [-0.15, -0.1) is 0 Å². The van der Waals surface area contributed by atoms with Crippen molar-refractivity contribution in [2.24, 2.45) is 0 Å². The second-order valence-corrected chi connectivity index (χ2v) is 9.50. The zero-order valence-electron chi connectivity index (χ0n) is 18.5. The second kappa shape index (κ2) is 6.32. The van der Waals surface area contributed by atoms with Crippen molar-refractivity contribution in [2.75, 3.05) is 0 Å². The van der Waals surface area contributed by atoms with Gasteiger partial charge in [0.05, 0.1) is 39.4 Å². The van der Waals surface area contributed by atoms with E-state index in [0.717, 1.165) is 43.8 Å². The van der Waals surface area contributed by atoms with Crippen molar-refractivity contribution in [2.45, 2.75) is 38.9 Å². The third-order valence-electron chi connectivity index (χ3n) is 7.03. The van der Waals surface area contributed by atoms with Gasteiger partial charge in [0.25, 0.3) is 0 Å². The molecule has 3 aromatic carbocycles. The van der Waals surface area contributed by atoms with Gasteiger partial charge in [0, 0.05) is 10.8 Å². The molecule has 6 rings (SSSR count). The Morgan fingerprint density at radius 1 is 0.844 bits per heavy atom. The molecule has 0 radical (unpaired) electrons. The number of nitrogens with zero attached hydrogens (tertiary/aromatic N) is 3. The predicted octanol–water partition coefficient (Wildman–Crippen LogP) is 4.96. The molecule has 3 heterocycles. The van der Waals surface area contributed by atoms with Crippen LogP contribution in [0.3, 0.4) is 0 Å². The summed E-state index contributed by atoms with van der Waals surface area (Å²) in [7, 11) is -0.437. The molecular formula is C26H22BN3O2. The summed E-state index contributed by atoms with van der Waals surface area (Å²) in [6.07, 6.45) is 0. The number of nitriles is 1. The lowest BCUT2D eigenvalue weighted by Crippen LogP contribution is -2.41. The van der Waals surface area contributed by atoms with E-state index >= 15 is 0 Å². The molecule has 1 aliphatic heterocycles. The van der Waals surface area contributed by atoms with E-state index in [1.165, 1.54) is 0 Å². The lowest BCUT2D eigenvalue weighted by atomic mass is 9.78. The number of benzene rings is 3. The van der Waals surface area contributed by atoms with Gasteiger partial charge in [-0.2, -0.15) is 5.26 Å². The number of aromatic nitrogens is 2. The van der Waals surface area contributed by atoms with Crippen LogP contribution in [-0.2, 0) is 9.31 Å². The molecule has 1 fully saturated rings. The van der Waals surface area contributed by atoms with Crippen LogP contribution in [-0.4, -0.2) is 27.7 Å². The number of hydrogen-bond acceptors (Lipinski definition) is 4. The molecule has 0 amide bonds. The van der Waals surface area contributed by atoms with Crippen LogP contribution in [0.4, 0.5) is 0 Å². The average Bonchev–Trinajstić information content (AvgIpc) is 3.27. The van der Waals surface area contributed by atoms with Crippen LogP contribution in [0.25, 0.3) is 38.4 Å². The molecule has 0 spiro atoms. The molecule has 0 aliphatic carbocycles. The molecule has 0 saturated carbocycles. The molecule has 5 nitrogen and oxygen atoms in total. The summed E-state index contributed by atoms with van der Waals surface area (Å²) in [5.41, 5.74) is 4.59. The summed E-state index contributed by atoms with van der Waals surface area (Å²) in [6.45, 7) is 8.25. The third-order valence-corrected chi connectivity index (χ3v) is 7.03. The van der Waals surface area contributed by atoms with Gasteiger partial charge < -0.3 is 9.31 Å². The van der Waals surface area contributed by atoms with Crippen LogP contribution < -0.4 is 5.46 Å². The monoisotopic (exact) mass is 419 g/mol. The van der Waals surface area contributed by atoms with Crippen molar-refractivity contribution in [1.82, 2.24) is 9.38 Å². The summed E-state index contributed by atoms with van der Waals surface area (Å²) in [5.74, 6) is 0. The van der Waals surface area contributed by atoms with E-state index in [-0.39, 0.29) is 0 Å². The van der Waals surface area contributed by atoms with Crippen LogP contribution in [0.5, 0.6) is 0 Å². The lowest BCUT2D eigenvalue weighted by Gasteiger charge is -2.32. The van der Waals surface area contributed by atoms with Gasteiger partial charge in [-0.05, 0) is 62.8 Å². The standard InChI is InChI=1S/C26H22BN3O2/c1-25(2)26(3,4)32-27(31-25)17-10-12-19-20(14-17)18-11-9-16(15-28)13-23(18)30-22-8-6-5-7-21(22)29-24(19)30/h5-14H,1-4H3. The minimum Gasteiger partial charge on any atom is -0.399 e. The zero-order valence-corrected chi connectivity index (χ0v) is 18.5. The van der Waals surface area contributed by atoms with Gasteiger partial charge in [0.2, 0.25) is 0 Å². The molecule has 156 valence electrons. The lowest BCUT2D eigenvalue weighted by molar-refractivity contribution is 0.00578. The first-order valence-corrected chi connectivity index (χ1v) is 10.8. The zero-order chi connectivity index (χ0) is 22.3. The smallest absolute Gasteiger partial charge is 0.399 e. The molecule has 1 aliphatic rings. The van der Waals surface area contributed by atoms with Crippen LogP contribution in [0.2, 0.25) is 0 Å². The maximum Gasteiger partial charge on any atom is 0.494 e. The van der Waals surface area contributed by atoms with Crippen LogP contribution in [0.15, 0.2) is 60.7 Å². The Kier molecular flexibility index (Phi) is 3.81. The van der Waals surface area contributed by atoms with E-state index in [1.54, 1.807) is 0 Å². The van der Waals surface area contributed by atoms with Crippen molar-refractivity contribution in [3.8, 4) is 6.07 Å². The number of fused-ring (bicyclic) bond motifs is 8. The van der Waals surface area contributed by atoms with E-state index in [0.29, 0.717) is 5.56 Å². The van der Waals surface area contributed by atoms with E-state index in [1.807, 2.05) is 36.4 Å². The van der Waals surface area contributed by atoms with Gasteiger partial charge in [-0.25, -0.2) is 4.98 Å². The van der Waals surface area contributed by atoms with Gasteiger partial charge in [0.15, 0.2) is 0 Å². The van der Waals surface area contributed by atoms with Crippen molar-refractivity contribution >= 4 is 50.9 Å². The molecular weight excluding hydrogens is 397 g/mol. The SMILES string of the molecule is CC1(C)OB(c2ccc3c(c2)c2ccc(C#N)cc2n2c4ccccc4nc32)OC1(C)C. The highest BCUT2D eigenvalue weighted by Gasteiger charge is 2.51. The van der Waals surface area contributed by atoms with Crippen LogP contribution in [0, 0.1) is 11.3 Å². The molecule has 0 unspecified atom stereocenters. The average molecular weight is 419 g/mol. The summed E-state index contributed by atoms with van der Waals surface area (Å²) >= 11 is 0. The number of para-hydroxylation sites is 2. The van der Waals surface area contributed by atoms with E-state index in [4.69, 9.17) is 14.3 Å². The van der Waals surface area contributed by atoms with E-state index in [2.05, 4.69) is 62.4 Å². The first-order chi connectivity index (χ1) is 15.3. The Morgan fingerprint density at radius 3 is 2.31 bits per heavy atom. The third kappa shape index (κ3) is 2.56. The number of imidazole rings is 1. The fourth-order valence-corrected chi connectivity index (χ4v) is 4.57. The molecule has 1 saturated heterocycles. The van der Waals surface area contributed by atoms with Gasteiger partial charge >= 0.3 is 7.12 Å². The molecule has 2 aromatic heterocycles. The maximum absolute atomic E-state index is 9.52.